The number of nitrogens with one attached hydrogen (secondary N) is 1. The fourth-order valence-corrected chi connectivity index (χ4v) is 3.87. The molecule has 4 aromatic rings. The summed E-state index contributed by atoms with van der Waals surface area (Å²) in [7, 11) is 0. The third kappa shape index (κ3) is 4.70. The van der Waals surface area contributed by atoms with Gasteiger partial charge in [-0.1, -0.05) is 32.0 Å². The van der Waals surface area contributed by atoms with Crippen molar-refractivity contribution in [1.29, 1.82) is 0 Å². The average molecular weight is 442 g/mol. The monoisotopic (exact) mass is 441 g/mol. The highest BCUT2D eigenvalue weighted by molar-refractivity contribution is 5.80. The summed E-state index contributed by atoms with van der Waals surface area (Å²) in [6, 6.07) is 16.3. The van der Waals surface area contributed by atoms with Gasteiger partial charge in [0.15, 0.2) is 11.5 Å². The van der Waals surface area contributed by atoms with Crippen LogP contribution < -0.4 is 10.3 Å². The maximum atomic E-state index is 5.55. The topological polar surface area (TPSA) is 79.9 Å². The Morgan fingerprint density at radius 3 is 2.67 bits per heavy atom. The number of pyridine rings is 1. The van der Waals surface area contributed by atoms with E-state index in [2.05, 4.69) is 52.5 Å². The number of hydrogen-bond donors (Lipinski definition) is 1. The van der Waals surface area contributed by atoms with Crippen molar-refractivity contribution in [2.75, 3.05) is 36.6 Å². The summed E-state index contributed by atoms with van der Waals surface area (Å²) in [6.45, 7) is 7.35. The second-order valence-electron chi connectivity index (χ2n) is 8.33. The van der Waals surface area contributed by atoms with Gasteiger partial charge in [-0.3, -0.25) is 10.4 Å². The molecule has 0 saturated carbocycles. The van der Waals surface area contributed by atoms with E-state index >= 15 is 0 Å². The number of hydrogen-bond acceptors (Lipinski definition) is 7. The maximum absolute atomic E-state index is 5.55. The van der Waals surface area contributed by atoms with Crippen LogP contribution in [-0.4, -0.2) is 52.1 Å². The quantitative estimate of drug-likeness (QED) is 0.357. The van der Waals surface area contributed by atoms with Crippen LogP contribution in [0.2, 0.25) is 0 Å². The molecule has 8 heteroatoms. The zero-order valence-corrected chi connectivity index (χ0v) is 18.8. The second-order valence-corrected chi connectivity index (χ2v) is 8.33. The SMILES string of the molecule is CC(C)c1cccc(/C=N\Nc2cc(N3CCOCC3)n3nc(-c4ccncc4)cc3n2)c1. The molecule has 1 aliphatic heterocycles. The Bertz CT molecular complexity index is 1260. The fourth-order valence-electron chi connectivity index (χ4n) is 3.87. The van der Waals surface area contributed by atoms with Gasteiger partial charge in [-0.25, -0.2) is 4.98 Å². The molecule has 8 nitrogen and oxygen atoms in total. The van der Waals surface area contributed by atoms with E-state index in [9.17, 15) is 0 Å². The minimum atomic E-state index is 0.475. The number of rotatable bonds is 6. The lowest BCUT2D eigenvalue weighted by Crippen LogP contribution is -2.37. The Balaban J connectivity index is 1.47. The van der Waals surface area contributed by atoms with Crippen LogP contribution in [0.25, 0.3) is 16.9 Å². The van der Waals surface area contributed by atoms with Gasteiger partial charge in [0, 0.05) is 43.2 Å². The zero-order valence-electron chi connectivity index (χ0n) is 18.8. The highest BCUT2D eigenvalue weighted by Crippen LogP contribution is 2.25. The molecule has 0 unspecified atom stereocenters. The Hall–Kier alpha value is -3.78. The summed E-state index contributed by atoms with van der Waals surface area (Å²) in [5.74, 6) is 2.10. The lowest BCUT2D eigenvalue weighted by atomic mass is 10.0. The molecule has 0 spiro atoms. The highest BCUT2D eigenvalue weighted by Gasteiger charge is 2.18. The van der Waals surface area contributed by atoms with Gasteiger partial charge in [-0.15, -0.1) is 0 Å². The van der Waals surface area contributed by atoms with Gasteiger partial charge in [-0.2, -0.15) is 14.7 Å². The van der Waals surface area contributed by atoms with Crippen molar-refractivity contribution in [2.45, 2.75) is 19.8 Å². The van der Waals surface area contributed by atoms with Crippen molar-refractivity contribution in [3.05, 3.63) is 72.1 Å². The first-order valence-corrected chi connectivity index (χ1v) is 11.2. The van der Waals surface area contributed by atoms with E-state index in [1.807, 2.05) is 41.1 Å². The Kier molecular flexibility index (Phi) is 5.99. The molecule has 0 aliphatic carbocycles. The lowest BCUT2D eigenvalue weighted by molar-refractivity contribution is 0.122. The van der Waals surface area contributed by atoms with Crippen LogP contribution in [-0.2, 0) is 4.74 Å². The fraction of sp³-hybridized carbons (Fsp3) is 0.280. The van der Waals surface area contributed by atoms with Crippen LogP contribution in [0.4, 0.5) is 11.6 Å². The molecule has 168 valence electrons. The summed E-state index contributed by atoms with van der Waals surface area (Å²) < 4.78 is 7.44. The van der Waals surface area contributed by atoms with E-state index in [1.165, 1.54) is 5.56 Å². The first kappa shape index (κ1) is 21.1. The molecule has 1 aromatic carbocycles. The normalized spacial score (nSPS) is 14.5. The van der Waals surface area contributed by atoms with Crippen molar-refractivity contribution in [1.82, 2.24) is 19.6 Å². The molecule has 33 heavy (non-hydrogen) atoms. The van der Waals surface area contributed by atoms with Crippen molar-refractivity contribution in [3.63, 3.8) is 0 Å². The molecule has 5 rings (SSSR count). The molecule has 0 bridgehead atoms. The van der Waals surface area contributed by atoms with Gasteiger partial charge in [-0.05, 0) is 35.2 Å². The largest absolute Gasteiger partial charge is 0.378 e. The molecule has 0 radical (unpaired) electrons. The molecule has 0 amide bonds. The Morgan fingerprint density at radius 2 is 1.88 bits per heavy atom. The summed E-state index contributed by atoms with van der Waals surface area (Å²) >= 11 is 0. The van der Waals surface area contributed by atoms with E-state index in [1.54, 1.807) is 12.4 Å². The van der Waals surface area contributed by atoms with E-state index in [4.69, 9.17) is 14.8 Å². The van der Waals surface area contributed by atoms with Crippen LogP contribution in [0.5, 0.6) is 0 Å². The van der Waals surface area contributed by atoms with E-state index in [0.717, 1.165) is 41.4 Å². The summed E-state index contributed by atoms with van der Waals surface area (Å²) in [6.07, 6.45) is 5.36. The van der Waals surface area contributed by atoms with Crippen LogP contribution in [0, 0.1) is 0 Å². The first-order valence-electron chi connectivity index (χ1n) is 11.2. The molecule has 4 heterocycles. The number of fused-ring (bicyclic) bond motifs is 1. The molecule has 0 atom stereocenters. The van der Waals surface area contributed by atoms with Gasteiger partial charge >= 0.3 is 0 Å². The zero-order chi connectivity index (χ0) is 22.6. The molecule has 1 fully saturated rings. The van der Waals surface area contributed by atoms with Crippen molar-refractivity contribution in [2.24, 2.45) is 5.10 Å². The number of benzene rings is 1. The number of aromatic nitrogens is 4. The highest BCUT2D eigenvalue weighted by atomic mass is 16.5. The predicted molar refractivity (Wildman–Crippen MR) is 131 cm³/mol. The van der Waals surface area contributed by atoms with Crippen molar-refractivity contribution in [3.8, 4) is 11.3 Å². The maximum Gasteiger partial charge on any atom is 0.160 e. The van der Waals surface area contributed by atoms with Crippen LogP contribution in [0.1, 0.15) is 30.9 Å². The minimum absolute atomic E-state index is 0.475. The average Bonchev–Trinajstić information content (AvgIpc) is 3.29. The van der Waals surface area contributed by atoms with Gasteiger partial charge in [0.2, 0.25) is 0 Å². The molecule has 3 aromatic heterocycles. The number of anilines is 2. The van der Waals surface area contributed by atoms with E-state index < -0.39 is 0 Å². The van der Waals surface area contributed by atoms with E-state index in [-0.39, 0.29) is 0 Å². The number of ether oxygens (including phenoxy) is 1. The van der Waals surface area contributed by atoms with Crippen LogP contribution in [0.3, 0.4) is 0 Å². The molecule has 1 N–H and O–H groups in total. The standard InChI is InChI=1S/C25H27N7O/c1-18(2)21-5-3-4-19(14-21)17-27-29-23-16-25(31-10-12-33-13-11-31)32-24(28-23)15-22(30-32)20-6-8-26-9-7-20/h3-9,14-18H,10-13H2,1-2H3,(H,28,29)/b27-17-. The van der Waals surface area contributed by atoms with Crippen LogP contribution >= 0.6 is 0 Å². The number of hydrazone groups is 1. The summed E-state index contributed by atoms with van der Waals surface area (Å²) in [5.41, 5.74) is 8.06. The Morgan fingerprint density at radius 1 is 1.06 bits per heavy atom. The molecular formula is C25H27N7O. The minimum Gasteiger partial charge on any atom is -0.378 e. The smallest absolute Gasteiger partial charge is 0.160 e. The van der Waals surface area contributed by atoms with Gasteiger partial charge in [0.05, 0.1) is 25.1 Å². The second kappa shape index (κ2) is 9.38. The Labute approximate surface area is 192 Å². The third-order valence-corrected chi connectivity index (χ3v) is 5.69. The number of nitrogens with zero attached hydrogens (tertiary/aromatic N) is 6. The summed E-state index contributed by atoms with van der Waals surface area (Å²) in [4.78, 5) is 11.1. The molecule has 1 saturated heterocycles. The third-order valence-electron chi connectivity index (χ3n) is 5.69. The first-order chi connectivity index (χ1) is 16.2. The van der Waals surface area contributed by atoms with Gasteiger partial charge in [0.1, 0.15) is 5.82 Å². The van der Waals surface area contributed by atoms with Crippen molar-refractivity contribution >= 4 is 23.5 Å². The van der Waals surface area contributed by atoms with Crippen molar-refractivity contribution < 1.29 is 4.74 Å². The van der Waals surface area contributed by atoms with Crippen LogP contribution in [0.15, 0.2) is 66.0 Å². The number of morpholine rings is 1. The lowest BCUT2D eigenvalue weighted by Gasteiger charge is -2.29. The molecular weight excluding hydrogens is 414 g/mol. The van der Waals surface area contributed by atoms with Gasteiger partial charge < -0.3 is 9.64 Å². The predicted octanol–water partition coefficient (Wildman–Crippen LogP) is 4.20. The summed E-state index contributed by atoms with van der Waals surface area (Å²) in [5, 5.41) is 9.28. The van der Waals surface area contributed by atoms with E-state index in [0.29, 0.717) is 24.9 Å². The molecule has 1 aliphatic rings. The van der Waals surface area contributed by atoms with Gasteiger partial charge in [0.25, 0.3) is 0 Å².